The molecule has 1 aliphatic carbocycles. The summed E-state index contributed by atoms with van der Waals surface area (Å²) in [5, 5.41) is 3.25. The maximum absolute atomic E-state index is 5.06. The smallest absolute Gasteiger partial charge is 0.0675 e. The van der Waals surface area contributed by atoms with Crippen molar-refractivity contribution in [1.82, 2.24) is 10.2 Å². The van der Waals surface area contributed by atoms with Gasteiger partial charge in [-0.25, -0.2) is 0 Å². The second-order valence-electron chi connectivity index (χ2n) is 3.14. The summed E-state index contributed by atoms with van der Waals surface area (Å²) < 4.78 is 0. The number of nitrogens with one attached hydrogen (secondary N) is 1. The van der Waals surface area contributed by atoms with Crippen LogP contribution in [0.5, 0.6) is 0 Å². The van der Waals surface area contributed by atoms with Crippen molar-refractivity contribution in [3.63, 3.8) is 0 Å². The minimum atomic E-state index is 0.883. The third-order valence-electron chi connectivity index (χ3n) is 1.73. The van der Waals surface area contributed by atoms with Crippen molar-refractivity contribution in [3.8, 4) is 0 Å². The van der Waals surface area contributed by atoms with Gasteiger partial charge in [-0.05, 0) is 32.0 Å². The lowest BCUT2D eigenvalue weighted by atomic mass is 10.0. The Balaban J connectivity index is 0.000000791. The standard InChI is InChI=1S/C9H14N2S.CH4S/c1-7-6-8(9(7)12)10-4-5-11(2)3;1-2/h6,10H,1,4-5H2,2-3H3;2H,1H3. The Kier molecular flexibility index (Phi) is 6.87. The second-order valence-corrected chi connectivity index (χ2v) is 3.55. The van der Waals surface area contributed by atoms with Crippen LogP contribution in [0.25, 0.3) is 0 Å². The zero-order valence-corrected chi connectivity index (χ0v) is 10.7. The van der Waals surface area contributed by atoms with Crippen molar-refractivity contribution in [1.29, 1.82) is 0 Å². The lowest BCUT2D eigenvalue weighted by Gasteiger charge is -2.21. The number of rotatable bonds is 4. The number of nitrogens with zero attached hydrogens (tertiary/aromatic N) is 1. The first-order valence-corrected chi connectivity index (χ1v) is 5.70. The first kappa shape index (κ1) is 13.7. The van der Waals surface area contributed by atoms with Crippen LogP contribution in [0.4, 0.5) is 0 Å². The van der Waals surface area contributed by atoms with Crippen LogP contribution >= 0.6 is 24.8 Å². The van der Waals surface area contributed by atoms with Crippen molar-refractivity contribution < 1.29 is 0 Å². The van der Waals surface area contributed by atoms with Gasteiger partial charge in [0.25, 0.3) is 0 Å². The molecule has 14 heavy (non-hydrogen) atoms. The van der Waals surface area contributed by atoms with E-state index < -0.39 is 0 Å². The summed E-state index contributed by atoms with van der Waals surface area (Å²) in [7, 11) is 4.10. The summed E-state index contributed by atoms with van der Waals surface area (Å²) in [6.45, 7) is 5.72. The van der Waals surface area contributed by atoms with Crippen LogP contribution in [0.1, 0.15) is 0 Å². The van der Waals surface area contributed by atoms with Gasteiger partial charge < -0.3 is 10.2 Å². The molecule has 0 fully saturated rings. The summed E-state index contributed by atoms with van der Waals surface area (Å²) >= 11 is 8.59. The van der Waals surface area contributed by atoms with Crippen molar-refractivity contribution in [2.24, 2.45) is 0 Å². The van der Waals surface area contributed by atoms with Gasteiger partial charge in [-0.1, -0.05) is 18.8 Å². The quantitative estimate of drug-likeness (QED) is 0.433. The van der Waals surface area contributed by atoms with E-state index >= 15 is 0 Å². The normalized spacial score (nSPS) is 14.2. The monoisotopic (exact) mass is 230 g/mol. The molecule has 0 saturated carbocycles. The second kappa shape index (κ2) is 7.04. The van der Waals surface area contributed by atoms with Crippen LogP contribution in [0.15, 0.2) is 23.9 Å². The zero-order valence-electron chi connectivity index (χ0n) is 9.00. The molecule has 1 N–H and O–H groups in total. The van der Waals surface area contributed by atoms with Gasteiger partial charge in [0, 0.05) is 13.1 Å². The fourth-order valence-corrected chi connectivity index (χ4v) is 1.14. The van der Waals surface area contributed by atoms with Crippen molar-refractivity contribution in [2.75, 3.05) is 33.4 Å². The number of hydrogen-bond acceptors (Lipinski definition) is 4. The van der Waals surface area contributed by atoms with E-state index in [1.165, 1.54) is 0 Å². The number of thiocarbonyl (C=S) groups is 1. The average molecular weight is 230 g/mol. The Morgan fingerprint density at radius 3 is 2.43 bits per heavy atom. The molecule has 80 valence electrons. The highest BCUT2D eigenvalue weighted by Crippen LogP contribution is 2.17. The van der Waals surface area contributed by atoms with E-state index in [4.69, 9.17) is 12.2 Å². The predicted molar refractivity (Wildman–Crippen MR) is 71.3 cm³/mol. The number of allylic oxidation sites excluding steroid dienone is 2. The first-order chi connectivity index (χ1) is 6.61. The predicted octanol–water partition coefficient (Wildman–Crippen LogP) is 1.51. The highest BCUT2D eigenvalue weighted by atomic mass is 32.1. The molecule has 0 aromatic rings. The first-order valence-electron chi connectivity index (χ1n) is 4.40. The largest absolute Gasteiger partial charge is 0.383 e. The fourth-order valence-electron chi connectivity index (χ4n) is 0.946. The van der Waals surface area contributed by atoms with Gasteiger partial charge in [0.05, 0.1) is 10.6 Å². The molecule has 0 amide bonds. The van der Waals surface area contributed by atoms with Crippen molar-refractivity contribution >= 4 is 29.7 Å². The summed E-state index contributed by atoms with van der Waals surface area (Å²) in [6, 6.07) is 0. The van der Waals surface area contributed by atoms with Crippen LogP contribution in [0.3, 0.4) is 0 Å². The van der Waals surface area contributed by atoms with E-state index in [2.05, 4.69) is 29.4 Å². The van der Waals surface area contributed by atoms with E-state index in [0.29, 0.717) is 0 Å². The third kappa shape index (κ3) is 4.26. The molecule has 0 radical (unpaired) electrons. The SMILES string of the molecule is C=C1C=C(NCCN(C)C)C1=S.CS. The molecule has 0 unspecified atom stereocenters. The van der Waals surface area contributed by atoms with Gasteiger partial charge in [0.15, 0.2) is 0 Å². The number of thiol groups is 1. The summed E-state index contributed by atoms with van der Waals surface area (Å²) in [5.74, 6) is 0. The van der Waals surface area contributed by atoms with Gasteiger partial charge in [-0.15, -0.1) is 0 Å². The van der Waals surface area contributed by atoms with Crippen LogP contribution in [0, 0.1) is 0 Å². The molecule has 4 heteroatoms. The lowest BCUT2D eigenvalue weighted by Crippen LogP contribution is -2.32. The molecule has 1 aliphatic rings. The topological polar surface area (TPSA) is 15.3 Å². The molecule has 0 heterocycles. The molecule has 2 nitrogen and oxygen atoms in total. The summed E-state index contributed by atoms with van der Waals surface area (Å²) in [4.78, 5) is 3.01. The van der Waals surface area contributed by atoms with E-state index in [1.54, 1.807) is 6.26 Å². The molecular weight excluding hydrogens is 212 g/mol. The Morgan fingerprint density at radius 1 is 1.50 bits per heavy atom. The maximum Gasteiger partial charge on any atom is 0.0675 e. The van der Waals surface area contributed by atoms with Gasteiger partial charge in [0.1, 0.15) is 0 Å². The Labute approximate surface area is 97.5 Å². The molecule has 0 aromatic heterocycles. The minimum Gasteiger partial charge on any atom is -0.383 e. The summed E-state index contributed by atoms with van der Waals surface area (Å²) in [6.07, 6.45) is 3.68. The molecule has 0 bridgehead atoms. The average Bonchev–Trinajstić information content (AvgIpc) is 2.19. The van der Waals surface area contributed by atoms with Crippen molar-refractivity contribution in [3.05, 3.63) is 23.9 Å². The molecule has 0 saturated heterocycles. The molecule has 1 rings (SSSR count). The minimum absolute atomic E-state index is 0.883. The van der Waals surface area contributed by atoms with Gasteiger partial charge in [-0.2, -0.15) is 12.6 Å². The van der Waals surface area contributed by atoms with E-state index in [9.17, 15) is 0 Å². The lowest BCUT2D eigenvalue weighted by molar-refractivity contribution is 0.409. The van der Waals surface area contributed by atoms with Crippen LogP contribution in [0.2, 0.25) is 0 Å². The number of hydrogen-bond donors (Lipinski definition) is 2. The molecular formula is C10H18N2S2. The van der Waals surface area contributed by atoms with E-state index in [0.717, 1.165) is 29.2 Å². The Morgan fingerprint density at radius 2 is 2.07 bits per heavy atom. The zero-order chi connectivity index (χ0) is 11.1. The van der Waals surface area contributed by atoms with Gasteiger partial charge in [0.2, 0.25) is 0 Å². The number of likely N-dealkylation sites (N-methyl/N-ethyl adjacent to an activating group) is 1. The van der Waals surface area contributed by atoms with E-state index in [-0.39, 0.29) is 0 Å². The van der Waals surface area contributed by atoms with E-state index in [1.807, 2.05) is 20.2 Å². The maximum atomic E-state index is 5.06. The van der Waals surface area contributed by atoms with Crippen LogP contribution in [-0.2, 0) is 0 Å². The Hall–Kier alpha value is -0.320. The highest BCUT2D eigenvalue weighted by molar-refractivity contribution is 7.81. The van der Waals surface area contributed by atoms with Crippen LogP contribution in [-0.4, -0.2) is 43.2 Å². The van der Waals surface area contributed by atoms with Gasteiger partial charge in [-0.3, -0.25) is 0 Å². The van der Waals surface area contributed by atoms with Gasteiger partial charge >= 0.3 is 0 Å². The Bertz CT molecular complexity index is 245. The third-order valence-corrected chi connectivity index (χ3v) is 2.21. The molecule has 0 aromatic carbocycles. The van der Waals surface area contributed by atoms with Crippen molar-refractivity contribution in [2.45, 2.75) is 0 Å². The highest BCUT2D eigenvalue weighted by Gasteiger charge is 2.16. The fraction of sp³-hybridized carbons (Fsp3) is 0.500. The van der Waals surface area contributed by atoms with Crippen LogP contribution < -0.4 is 5.32 Å². The molecule has 0 aliphatic heterocycles. The molecule has 0 spiro atoms. The summed E-state index contributed by atoms with van der Waals surface area (Å²) in [5.41, 5.74) is 2.04. The molecule has 0 atom stereocenters.